The number of nitrogens with zero attached hydrogens (tertiary/aromatic N) is 3. The van der Waals surface area contributed by atoms with Gasteiger partial charge < -0.3 is 10.1 Å². The number of carbonyl (C=O) groups is 1. The topological polar surface area (TPSA) is 68.5 Å². The van der Waals surface area contributed by atoms with Gasteiger partial charge in [0.2, 0.25) is 0 Å². The Bertz CT molecular complexity index is 1020. The van der Waals surface area contributed by atoms with E-state index < -0.39 is 0 Å². The minimum absolute atomic E-state index is 0.195. The average molecular weight is 382 g/mol. The van der Waals surface area contributed by atoms with Gasteiger partial charge in [-0.25, -0.2) is 13.9 Å². The first-order valence-electron chi connectivity index (χ1n) is 9.34. The standard InChI is InChI=1S/C21H23FN4O2/c1-21(2,14-6-7-14)25-20(27)17-11-23-26-16(12-28-3)10-18(24-19(17)26)13-4-8-15(22)9-5-13/h4-5,8-11,14H,6-7,12H2,1-3H3,(H,25,27). The van der Waals surface area contributed by atoms with E-state index in [9.17, 15) is 9.18 Å². The van der Waals surface area contributed by atoms with Crippen LogP contribution in [-0.4, -0.2) is 33.2 Å². The van der Waals surface area contributed by atoms with Gasteiger partial charge in [0.1, 0.15) is 11.4 Å². The monoisotopic (exact) mass is 382 g/mol. The van der Waals surface area contributed by atoms with E-state index in [0.29, 0.717) is 29.4 Å². The largest absolute Gasteiger partial charge is 0.378 e. The number of carbonyl (C=O) groups excluding carboxylic acids is 1. The fourth-order valence-electron chi connectivity index (χ4n) is 3.47. The molecule has 0 aliphatic heterocycles. The summed E-state index contributed by atoms with van der Waals surface area (Å²) in [4.78, 5) is 17.6. The summed E-state index contributed by atoms with van der Waals surface area (Å²) in [7, 11) is 1.60. The minimum Gasteiger partial charge on any atom is -0.378 e. The van der Waals surface area contributed by atoms with E-state index in [1.54, 1.807) is 23.8 Å². The highest BCUT2D eigenvalue weighted by Gasteiger charge is 2.39. The summed E-state index contributed by atoms with van der Waals surface area (Å²) in [5, 5.41) is 7.47. The fourth-order valence-corrected chi connectivity index (χ4v) is 3.47. The average Bonchev–Trinajstić information content (AvgIpc) is 3.43. The van der Waals surface area contributed by atoms with Crippen LogP contribution in [0.5, 0.6) is 0 Å². The van der Waals surface area contributed by atoms with E-state index in [-0.39, 0.29) is 17.3 Å². The summed E-state index contributed by atoms with van der Waals surface area (Å²) < 4.78 is 20.2. The van der Waals surface area contributed by atoms with Crippen LogP contribution >= 0.6 is 0 Å². The quantitative estimate of drug-likeness (QED) is 0.707. The Balaban J connectivity index is 1.77. The normalized spacial score (nSPS) is 14.4. The number of benzene rings is 1. The maximum Gasteiger partial charge on any atom is 0.257 e. The number of hydrogen-bond donors (Lipinski definition) is 1. The van der Waals surface area contributed by atoms with Gasteiger partial charge in [0.05, 0.1) is 24.2 Å². The van der Waals surface area contributed by atoms with Gasteiger partial charge in [-0.05, 0) is 62.9 Å². The molecule has 146 valence electrons. The number of fused-ring (bicyclic) bond motifs is 1. The van der Waals surface area contributed by atoms with Crippen LogP contribution in [0.4, 0.5) is 4.39 Å². The van der Waals surface area contributed by atoms with Gasteiger partial charge in [-0.2, -0.15) is 5.10 Å². The van der Waals surface area contributed by atoms with Crippen LogP contribution in [0.25, 0.3) is 16.9 Å². The molecule has 1 aromatic carbocycles. The van der Waals surface area contributed by atoms with E-state index in [4.69, 9.17) is 4.74 Å². The molecule has 1 amide bonds. The van der Waals surface area contributed by atoms with E-state index in [1.807, 2.05) is 19.9 Å². The van der Waals surface area contributed by atoms with Crippen molar-refractivity contribution in [1.29, 1.82) is 0 Å². The predicted octanol–water partition coefficient (Wildman–Crippen LogP) is 3.60. The highest BCUT2D eigenvalue weighted by Crippen LogP contribution is 2.39. The zero-order chi connectivity index (χ0) is 19.9. The predicted molar refractivity (Wildman–Crippen MR) is 103 cm³/mol. The minimum atomic E-state index is -0.311. The number of halogens is 1. The van der Waals surface area contributed by atoms with Crippen molar-refractivity contribution in [1.82, 2.24) is 19.9 Å². The van der Waals surface area contributed by atoms with Crippen LogP contribution in [0.3, 0.4) is 0 Å². The van der Waals surface area contributed by atoms with E-state index in [1.165, 1.54) is 18.3 Å². The van der Waals surface area contributed by atoms with Crippen LogP contribution < -0.4 is 5.32 Å². The summed E-state index contributed by atoms with van der Waals surface area (Å²) in [6, 6.07) is 7.94. The summed E-state index contributed by atoms with van der Waals surface area (Å²) in [6.07, 6.45) is 3.80. The molecule has 1 aliphatic carbocycles. The first kappa shape index (κ1) is 18.6. The lowest BCUT2D eigenvalue weighted by Crippen LogP contribution is -2.45. The van der Waals surface area contributed by atoms with Gasteiger partial charge in [-0.3, -0.25) is 4.79 Å². The molecule has 3 aromatic rings. The van der Waals surface area contributed by atoms with Gasteiger partial charge in [0.15, 0.2) is 5.65 Å². The second kappa shape index (κ2) is 6.98. The highest BCUT2D eigenvalue weighted by molar-refractivity contribution is 6.00. The molecule has 0 saturated heterocycles. The van der Waals surface area contributed by atoms with E-state index >= 15 is 0 Å². The van der Waals surface area contributed by atoms with Crippen molar-refractivity contribution < 1.29 is 13.9 Å². The molecule has 28 heavy (non-hydrogen) atoms. The Morgan fingerprint density at radius 1 is 1.32 bits per heavy atom. The van der Waals surface area contributed by atoms with Gasteiger partial charge in [-0.1, -0.05) is 0 Å². The Labute approximate surface area is 162 Å². The third-order valence-corrected chi connectivity index (χ3v) is 5.26. The Morgan fingerprint density at radius 3 is 2.68 bits per heavy atom. The number of aromatic nitrogens is 3. The number of hydrogen-bond acceptors (Lipinski definition) is 4. The highest BCUT2D eigenvalue weighted by atomic mass is 19.1. The lowest BCUT2D eigenvalue weighted by Gasteiger charge is -2.25. The third kappa shape index (κ3) is 3.49. The smallest absolute Gasteiger partial charge is 0.257 e. The number of amides is 1. The van der Waals surface area contributed by atoms with Crippen LogP contribution in [0.1, 0.15) is 42.7 Å². The Hall–Kier alpha value is -2.80. The van der Waals surface area contributed by atoms with Gasteiger partial charge in [0.25, 0.3) is 5.91 Å². The zero-order valence-electron chi connectivity index (χ0n) is 16.2. The Morgan fingerprint density at radius 2 is 2.04 bits per heavy atom. The summed E-state index contributed by atoms with van der Waals surface area (Å²) in [6.45, 7) is 4.40. The molecule has 0 spiro atoms. The molecule has 0 atom stereocenters. The van der Waals surface area contributed by atoms with Crippen molar-refractivity contribution >= 4 is 11.6 Å². The molecule has 2 heterocycles. The molecule has 1 N–H and O–H groups in total. The molecule has 1 fully saturated rings. The second-order valence-corrected chi connectivity index (χ2v) is 7.82. The van der Waals surface area contributed by atoms with Gasteiger partial charge in [-0.15, -0.1) is 0 Å². The molecule has 2 aromatic heterocycles. The lowest BCUT2D eigenvalue weighted by molar-refractivity contribution is 0.0905. The van der Waals surface area contributed by atoms with Crippen molar-refractivity contribution in [3.8, 4) is 11.3 Å². The number of nitrogens with one attached hydrogen (secondary N) is 1. The van der Waals surface area contributed by atoms with Crippen molar-refractivity contribution in [2.45, 2.75) is 38.8 Å². The van der Waals surface area contributed by atoms with Gasteiger partial charge >= 0.3 is 0 Å². The maximum absolute atomic E-state index is 13.3. The van der Waals surface area contributed by atoms with E-state index in [2.05, 4.69) is 15.4 Å². The number of rotatable bonds is 6. The van der Waals surface area contributed by atoms with Crippen molar-refractivity contribution in [2.24, 2.45) is 5.92 Å². The molecule has 4 rings (SSSR count). The molecule has 6 nitrogen and oxygen atoms in total. The van der Waals surface area contributed by atoms with Gasteiger partial charge in [0, 0.05) is 18.2 Å². The van der Waals surface area contributed by atoms with Crippen LogP contribution in [-0.2, 0) is 11.3 Å². The fraction of sp³-hybridized carbons (Fsp3) is 0.381. The number of ether oxygens (including phenoxy) is 1. The second-order valence-electron chi connectivity index (χ2n) is 7.82. The molecule has 1 saturated carbocycles. The van der Waals surface area contributed by atoms with Crippen LogP contribution in [0.2, 0.25) is 0 Å². The van der Waals surface area contributed by atoms with E-state index in [0.717, 1.165) is 24.1 Å². The number of methoxy groups -OCH3 is 1. The van der Waals surface area contributed by atoms with Crippen LogP contribution in [0, 0.1) is 11.7 Å². The first-order chi connectivity index (χ1) is 13.4. The van der Waals surface area contributed by atoms with Crippen molar-refractivity contribution in [3.05, 3.63) is 53.6 Å². The third-order valence-electron chi connectivity index (χ3n) is 5.26. The Kier molecular flexibility index (Phi) is 4.63. The maximum atomic E-state index is 13.3. The zero-order valence-corrected chi connectivity index (χ0v) is 16.2. The summed E-state index contributed by atoms with van der Waals surface area (Å²) >= 11 is 0. The molecule has 7 heteroatoms. The molecule has 0 unspecified atom stereocenters. The molecular weight excluding hydrogens is 359 g/mol. The first-order valence-corrected chi connectivity index (χ1v) is 9.34. The summed E-state index contributed by atoms with van der Waals surface area (Å²) in [5.41, 5.74) is 2.75. The molecule has 0 radical (unpaired) electrons. The van der Waals surface area contributed by atoms with Crippen LogP contribution in [0.15, 0.2) is 36.5 Å². The molecule has 1 aliphatic rings. The lowest BCUT2D eigenvalue weighted by atomic mass is 9.98. The SMILES string of the molecule is COCc1cc(-c2ccc(F)cc2)nc2c(C(=O)NC(C)(C)C3CC3)cnn12. The molecule has 0 bridgehead atoms. The molecular formula is C21H23FN4O2. The summed E-state index contributed by atoms with van der Waals surface area (Å²) in [5.74, 6) is -0.00207. The van der Waals surface area contributed by atoms with Crippen molar-refractivity contribution in [3.63, 3.8) is 0 Å². The van der Waals surface area contributed by atoms with Crippen molar-refractivity contribution in [2.75, 3.05) is 7.11 Å².